The second kappa shape index (κ2) is 8.87. The molecule has 6 heteroatoms. The van der Waals surface area contributed by atoms with E-state index in [0.717, 1.165) is 19.3 Å². The Labute approximate surface area is 126 Å². The minimum Gasteiger partial charge on any atom is -0.481 e. The van der Waals surface area contributed by atoms with Crippen LogP contribution in [0.1, 0.15) is 39.5 Å². The highest BCUT2D eigenvalue weighted by Crippen LogP contribution is 2.29. The van der Waals surface area contributed by atoms with Crippen LogP contribution < -0.4 is 5.32 Å². The van der Waals surface area contributed by atoms with Crippen LogP contribution in [0.3, 0.4) is 0 Å². The van der Waals surface area contributed by atoms with Crippen LogP contribution in [-0.2, 0) is 9.53 Å². The summed E-state index contributed by atoms with van der Waals surface area (Å²) in [6.45, 7) is 5.39. The number of aliphatic carboxylic acids is 1. The molecular formula is C15H28N2O4. The Morgan fingerprint density at radius 1 is 1.38 bits per heavy atom. The Balaban J connectivity index is 2.51. The van der Waals surface area contributed by atoms with Gasteiger partial charge in [-0.25, -0.2) is 4.79 Å². The molecule has 1 fully saturated rings. The first-order chi connectivity index (χ1) is 10.0. The smallest absolute Gasteiger partial charge is 0.317 e. The number of methoxy groups -OCH3 is 1. The molecule has 2 amide bonds. The zero-order chi connectivity index (χ0) is 15.8. The van der Waals surface area contributed by atoms with Crippen LogP contribution in [0.5, 0.6) is 0 Å². The summed E-state index contributed by atoms with van der Waals surface area (Å²) in [4.78, 5) is 25.2. The van der Waals surface area contributed by atoms with Gasteiger partial charge < -0.3 is 20.1 Å². The van der Waals surface area contributed by atoms with E-state index in [1.54, 1.807) is 12.0 Å². The number of carboxylic acid groups (broad SMARTS) is 1. The van der Waals surface area contributed by atoms with E-state index in [9.17, 15) is 14.7 Å². The SMILES string of the molecule is CCN(C(=O)NCC1CCCCC1C(=O)O)C(C)COC. The number of nitrogens with zero attached hydrogens (tertiary/aromatic N) is 1. The second-order valence-electron chi connectivity index (χ2n) is 5.77. The summed E-state index contributed by atoms with van der Waals surface area (Å²) in [7, 11) is 1.61. The van der Waals surface area contributed by atoms with Gasteiger partial charge >= 0.3 is 12.0 Å². The van der Waals surface area contributed by atoms with E-state index in [0.29, 0.717) is 26.1 Å². The molecule has 0 spiro atoms. The number of likely N-dealkylation sites (N-methyl/N-ethyl adjacent to an activating group) is 1. The van der Waals surface area contributed by atoms with Gasteiger partial charge in [-0.3, -0.25) is 4.79 Å². The lowest BCUT2D eigenvalue weighted by Gasteiger charge is -2.31. The maximum Gasteiger partial charge on any atom is 0.317 e. The van der Waals surface area contributed by atoms with E-state index in [4.69, 9.17) is 4.74 Å². The summed E-state index contributed by atoms with van der Waals surface area (Å²) >= 11 is 0. The van der Waals surface area contributed by atoms with Gasteiger partial charge in [-0.15, -0.1) is 0 Å². The molecular weight excluding hydrogens is 272 g/mol. The minimum atomic E-state index is -0.742. The van der Waals surface area contributed by atoms with Crippen molar-refractivity contribution in [1.29, 1.82) is 0 Å². The van der Waals surface area contributed by atoms with Gasteiger partial charge in [0.1, 0.15) is 0 Å². The van der Waals surface area contributed by atoms with E-state index in [-0.39, 0.29) is 23.9 Å². The van der Waals surface area contributed by atoms with E-state index >= 15 is 0 Å². The molecule has 0 radical (unpaired) electrons. The van der Waals surface area contributed by atoms with Gasteiger partial charge in [0.15, 0.2) is 0 Å². The number of carbonyl (C=O) groups excluding carboxylic acids is 1. The predicted molar refractivity (Wildman–Crippen MR) is 80.2 cm³/mol. The first kappa shape index (κ1) is 17.8. The molecule has 2 N–H and O–H groups in total. The second-order valence-corrected chi connectivity index (χ2v) is 5.77. The van der Waals surface area contributed by atoms with Crippen molar-refractivity contribution in [2.45, 2.75) is 45.6 Å². The average molecular weight is 300 g/mol. The average Bonchev–Trinajstić information content (AvgIpc) is 2.46. The lowest BCUT2D eigenvalue weighted by atomic mass is 9.79. The fourth-order valence-corrected chi connectivity index (χ4v) is 3.08. The van der Waals surface area contributed by atoms with Crippen molar-refractivity contribution in [3.05, 3.63) is 0 Å². The van der Waals surface area contributed by atoms with Crippen molar-refractivity contribution >= 4 is 12.0 Å². The van der Waals surface area contributed by atoms with Crippen LogP contribution in [0.15, 0.2) is 0 Å². The van der Waals surface area contributed by atoms with Crippen LogP contribution in [0, 0.1) is 11.8 Å². The van der Waals surface area contributed by atoms with Crippen molar-refractivity contribution in [2.24, 2.45) is 11.8 Å². The maximum atomic E-state index is 12.2. The molecule has 0 aliphatic heterocycles. The number of rotatable bonds is 7. The summed E-state index contributed by atoms with van der Waals surface area (Å²) in [5, 5.41) is 12.1. The van der Waals surface area contributed by atoms with Crippen molar-refractivity contribution in [1.82, 2.24) is 10.2 Å². The number of nitrogens with one attached hydrogen (secondary N) is 1. The topological polar surface area (TPSA) is 78.9 Å². The number of carbonyl (C=O) groups is 2. The summed E-state index contributed by atoms with van der Waals surface area (Å²) in [5.74, 6) is -1.03. The van der Waals surface area contributed by atoms with Crippen molar-refractivity contribution < 1.29 is 19.4 Å². The van der Waals surface area contributed by atoms with E-state index in [1.165, 1.54) is 0 Å². The highest BCUT2D eigenvalue weighted by atomic mass is 16.5. The van der Waals surface area contributed by atoms with E-state index in [2.05, 4.69) is 5.32 Å². The molecule has 1 aliphatic carbocycles. The summed E-state index contributed by atoms with van der Waals surface area (Å²) in [6, 6.07) is -0.140. The highest BCUT2D eigenvalue weighted by molar-refractivity contribution is 5.75. The summed E-state index contributed by atoms with van der Waals surface area (Å²) in [6.07, 6.45) is 3.60. The summed E-state index contributed by atoms with van der Waals surface area (Å²) < 4.78 is 5.08. The Morgan fingerprint density at radius 3 is 2.62 bits per heavy atom. The number of amides is 2. The third-order valence-electron chi connectivity index (χ3n) is 4.28. The Hall–Kier alpha value is -1.30. The first-order valence-corrected chi connectivity index (χ1v) is 7.77. The molecule has 1 saturated carbocycles. The number of hydrogen-bond donors (Lipinski definition) is 2. The zero-order valence-corrected chi connectivity index (χ0v) is 13.3. The Bertz CT molecular complexity index is 349. The fourth-order valence-electron chi connectivity index (χ4n) is 3.08. The Kier molecular flexibility index (Phi) is 7.50. The predicted octanol–water partition coefficient (Wildman–Crippen LogP) is 1.94. The molecule has 0 aromatic heterocycles. The molecule has 0 aromatic carbocycles. The molecule has 3 atom stereocenters. The standard InChI is InChI=1S/C15H28N2O4/c1-4-17(11(2)10-21-3)15(20)16-9-12-7-5-6-8-13(12)14(18)19/h11-13H,4-10H2,1-3H3,(H,16,20)(H,18,19). The van der Waals surface area contributed by atoms with Crippen LogP contribution in [0.4, 0.5) is 4.79 Å². The van der Waals surface area contributed by atoms with Crippen LogP contribution >= 0.6 is 0 Å². The number of hydrogen-bond acceptors (Lipinski definition) is 3. The van der Waals surface area contributed by atoms with E-state index < -0.39 is 5.97 Å². The third kappa shape index (κ3) is 5.19. The number of carboxylic acids is 1. The lowest BCUT2D eigenvalue weighted by molar-refractivity contribution is -0.144. The summed E-state index contributed by atoms with van der Waals surface area (Å²) in [5.41, 5.74) is 0. The van der Waals surface area contributed by atoms with E-state index in [1.807, 2.05) is 13.8 Å². The number of ether oxygens (including phenoxy) is 1. The largest absolute Gasteiger partial charge is 0.481 e. The normalized spacial score (nSPS) is 23.4. The lowest BCUT2D eigenvalue weighted by Crippen LogP contribution is -2.48. The highest BCUT2D eigenvalue weighted by Gasteiger charge is 2.31. The maximum absolute atomic E-state index is 12.2. The van der Waals surface area contributed by atoms with Crippen LogP contribution in [-0.4, -0.2) is 54.9 Å². The van der Waals surface area contributed by atoms with Gasteiger partial charge in [0.05, 0.1) is 18.6 Å². The first-order valence-electron chi connectivity index (χ1n) is 7.77. The molecule has 0 bridgehead atoms. The van der Waals surface area contributed by atoms with Gasteiger partial charge in [-0.2, -0.15) is 0 Å². The third-order valence-corrected chi connectivity index (χ3v) is 4.28. The molecule has 0 heterocycles. The Morgan fingerprint density at radius 2 is 2.05 bits per heavy atom. The molecule has 1 rings (SSSR count). The van der Waals surface area contributed by atoms with Crippen molar-refractivity contribution in [2.75, 3.05) is 26.8 Å². The quantitative estimate of drug-likeness (QED) is 0.753. The molecule has 6 nitrogen and oxygen atoms in total. The van der Waals surface area contributed by atoms with Crippen molar-refractivity contribution in [3.63, 3.8) is 0 Å². The molecule has 21 heavy (non-hydrogen) atoms. The minimum absolute atomic E-state index is 0.00151. The number of urea groups is 1. The zero-order valence-electron chi connectivity index (χ0n) is 13.3. The van der Waals surface area contributed by atoms with Crippen LogP contribution in [0.2, 0.25) is 0 Å². The fraction of sp³-hybridized carbons (Fsp3) is 0.867. The van der Waals surface area contributed by atoms with Gasteiger partial charge in [-0.05, 0) is 32.6 Å². The molecule has 122 valence electrons. The molecule has 1 aliphatic rings. The molecule has 0 saturated heterocycles. The van der Waals surface area contributed by atoms with Gasteiger partial charge in [0.2, 0.25) is 0 Å². The monoisotopic (exact) mass is 300 g/mol. The van der Waals surface area contributed by atoms with Gasteiger partial charge in [0.25, 0.3) is 0 Å². The van der Waals surface area contributed by atoms with Crippen molar-refractivity contribution in [3.8, 4) is 0 Å². The molecule has 0 aromatic rings. The molecule has 3 unspecified atom stereocenters. The van der Waals surface area contributed by atoms with Gasteiger partial charge in [-0.1, -0.05) is 12.8 Å². The van der Waals surface area contributed by atoms with Gasteiger partial charge in [0, 0.05) is 20.2 Å². The van der Waals surface area contributed by atoms with Crippen LogP contribution in [0.25, 0.3) is 0 Å².